The van der Waals surface area contributed by atoms with Gasteiger partial charge in [0.05, 0.1) is 32.6 Å². The van der Waals surface area contributed by atoms with Crippen molar-refractivity contribution in [2.45, 2.75) is 6.92 Å². The number of methoxy groups -OCH3 is 2. The van der Waals surface area contributed by atoms with Crippen molar-refractivity contribution in [3.63, 3.8) is 0 Å². The maximum absolute atomic E-state index is 5.53. The number of hydrogen-bond acceptors (Lipinski definition) is 6. The first kappa shape index (κ1) is 18.7. The summed E-state index contributed by atoms with van der Waals surface area (Å²) in [5.74, 6) is 2.57. The average Bonchev–Trinajstić information content (AvgIpc) is 3.07. The summed E-state index contributed by atoms with van der Waals surface area (Å²) in [5, 5.41) is 11.5. The molecule has 1 N–H and O–H groups in total. The highest BCUT2D eigenvalue weighted by atomic mass is 32.1. The summed E-state index contributed by atoms with van der Waals surface area (Å²) < 4.78 is 18.2. The molecule has 0 bridgehead atoms. The van der Waals surface area contributed by atoms with E-state index in [2.05, 4.69) is 15.3 Å². The van der Waals surface area contributed by atoms with Crippen LogP contribution < -0.4 is 14.2 Å². The molecule has 0 spiro atoms. The van der Waals surface area contributed by atoms with E-state index in [0.717, 1.165) is 11.1 Å². The van der Waals surface area contributed by atoms with E-state index >= 15 is 0 Å². The van der Waals surface area contributed by atoms with Gasteiger partial charge in [-0.25, -0.2) is 5.10 Å². The minimum Gasteiger partial charge on any atom is -0.496 e. The first-order valence-electron chi connectivity index (χ1n) is 8.34. The first-order valence-corrected chi connectivity index (χ1v) is 8.74. The van der Waals surface area contributed by atoms with Crippen molar-refractivity contribution in [3.05, 3.63) is 52.8 Å². The zero-order chi connectivity index (χ0) is 19.2. The van der Waals surface area contributed by atoms with Crippen LogP contribution in [0.5, 0.6) is 17.2 Å². The summed E-state index contributed by atoms with van der Waals surface area (Å²) >= 11 is 5.32. The van der Waals surface area contributed by atoms with Gasteiger partial charge in [0.1, 0.15) is 5.75 Å². The molecular formula is C19H20N4O3S. The van der Waals surface area contributed by atoms with Crippen LogP contribution in [0, 0.1) is 4.77 Å². The predicted molar refractivity (Wildman–Crippen MR) is 107 cm³/mol. The standard InChI is InChI=1S/C19H20N4O3S/c1-4-26-16-10-9-13(11-17(16)25-3)12-20-23-18(21-22-19(23)27)14-7-5-6-8-15(14)24-2/h5-12H,4H2,1-3H3,(H,22,27)/b20-12-. The lowest BCUT2D eigenvalue weighted by atomic mass is 10.2. The van der Waals surface area contributed by atoms with Crippen molar-refractivity contribution < 1.29 is 14.2 Å². The molecule has 2 aromatic carbocycles. The van der Waals surface area contributed by atoms with E-state index in [1.54, 1.807) is 25.1 Å². The highest BCUT2D eigenvalue weighted by molar-refractivity contribution is 7.71. The smallest absolute Gasteiger partial charge is 0.216 e. The SMILES string of the molecule is CCOc1ccc(/C=N\n2c(-c3ccccc3OC)n[nH]c2=S)cc1OC. The Morgan fingerprint density at radius 1 is 1.11 bits per heavy atom. The summed E-state index contributed by atoms with van der Waals surface area (Å²) in [6.07, 6.45) is 1.68. The van der Waals surface area contributed by atoms with Gasteiger partial charge in [-0.3, -0.25) is 0 Å². The topological polar surface area (TPSA) is 73.7 Å². The zero-order valence-corrected chi connectivity index (χ0v) is 16.1. The van der Waals surface area contributed by atoms with E-state index in [4.69, 9.17) is 26.4 Å². The second-order valence-corrected chi connectivity index (χ2v) is 5.84. The van der Waals surface area contributed by atoms with Crippen LogP contribution in [0.4, 0.5) is 0 Å². The Bertz CT molecular complexity index is 1010. The lowest BCUT2D eigenvalue weighted by Crippen LogP contribution is -1.98. The number of hydrogen-bond donors (Lipinski definition) is 1. The Kier molecular flexibility index (Phi) is 5.87. The molecule has 3 aromatic rings. The van der Waals surface area contributed by atoms with Gasteiger partial charge < -0.3 is 14.2 Å². The fourth-order valence-electron chi connectivity index (χ4n) is 2.57. The maximum atomic E-state index is 5.53. The zero-order valence-electron chi connectivity index (χ0n) is 15.3. The summed E-state index contributed by atoms with van der Waals surface area (Å²) in [6.45, 7) is 2.49. The number of H-pyrrole nitrogens is 1. The molecule has 0 fully saturated rings. The van der Waals surface area contributed by atoms with Crippen LogP contribution in [0.25, 0.3) is 11.4 Å². The van der Waals surface area contributed by atoms with Crippen LogP contribution in [-0.2, 0) is 0 Å². The molecule has 0 aliphatic rings. The monoisotopic (exact) mass is 384 g/mol. The fraction of sp³-hybridized carbons (Fsp3) is 0.211. The number of benzene rings is 2. The highest BCUT2D eigenvalue weighted by Crippen LogP contribution is 2.29. The number of para-hydroxylation sites is 1. The van der Waals surface area contributed by atoms with E-state index in [9.17, 15) is 0 Å². The molecule has 3 rings (SSSR count). The summed E-state index contributed by atoms with van der Waals surface area (Å²) in [4.78, 5) is 0. The molecule has 0 radical (unpaired) electrons. The highest BCUT2D eigenvalue weighted by Gasteiger charge is 2.13. The molecule has 1 heterocycles. The second-order valence-electron chi connectivity index (χ2n) is 5.45. The molecule has 1 aromatic heterocycles. The van der Waals surface area contributed by atoms with E-state index in [1.807, 2.05) is 49.4 Å². The van der Waals surface area contributed by atoms with Gasteiger partial charge >= 0.3 is 0 Å². The molecule has 0 amide bonds. The Hall–Kier alpha value is -3.13. The molecule has 0 atom stereocenters. The van der Waals surface area contributed by atoms with E-state index < -0.39 is 0 Å². The van der Waals surface area contributed by atoms with Crippen LogP contribution in [-0.4, -0.2) is 41.9 Å². The number of nitrogens with one attached hydrogen (secondary N) is 1. The van der Waals surface area contributed by atoms with Gasteiger partial charge in [-0.2, -0.15) is 14.9 Å². The normalized spacial score (nSPS) is 10.9. The number of ether oxygens (including phenoxy) is 3. The second kappa shape index (κ2) is 8.50. The lowest BCUT2D eigenvalue weighted by Gasteiger charge is -2.09. The quantitative estimate of drug-likeness (QED) is 0.494. The van der Waals surface area contributed by atoms with Crippen LogP contribution in [0.2, 0.25) is 0 Å². The third-order valence-corrected chi connectivity index (χ3v) is 4.07. The van der Waals surface area contributed by atoms with Gasteiger partial charge in [0.25, 0.3) is 0 Å². The van der Waals surface area contributed by atoms with Crippen molar-refractivity contribution in [2.24, 2.45) is 5.10 Å². The molecule has 0 unspecified atom stereocenters. The molecule has 0 aliphatic heterocycles. The van der Waals surface area contributed by atoms with Crippen molar-refractivity contribution >= 4 is 18.4 Å². The van der Waals surface area contributed by atoms with Crippen LogP contribution in [0.15, 0.2) is 47.6 Å². The van der Waals surface area contributed by atoms with Gasteiger partial charge in [-0.05, 0) is 55.0 Å². The van der Waals surface area contributed by atoms with Gasteiger partial charge in [-0.1, -0.05) is 12.1 Å². The van der Waals surface area contributed by atoms with Crippen LogP contribution in [0.1, 0.15) is 12.5 Å². The van der Waals surface area contributed by atoms with E-state index in [0.29, 0.717) is 34.5 Å². The third kappa shape index (κ3) is 4.01. The fourth-order valence-corrected chi connectivity index (χ4v) is 2.75. The summed E-state index contributed by atoms with van der Waals surface area (Å²) in [6, 6.07) is 13.1. The van der Waals surface area contributed by atoms with Crippen molar-refractivity contribution in [3.8, 4) is 28.6 Å². The van der Waals surface area contributed by atoms with Crippen molar-refractivity contribution in [2.75, 3.05) is 20.8 Å². The van der Waals surface area contributed by atoms with Crippen molar-refractivity contribution in [1.29, 1.82) is 0 Å². The van der Waals surface area contributed by atoms with Gasteiger partial charge in [-0.15, -0.1) is 0 Å². The number of rotatable bonds is 7. The van der Waals surface area contributed by atoms with Crippen LogP contribution in [0.3, 0.4) is 0 Å². The number of aromatic amines is 1. The molecule has 0 saturated carbocycles. The van der Waals surface area contributed by atoms with Crippen LogP contribution >= 0.6 is 12.2 Å². The molecule has 8 heteroatoms. The molecular weight excluding hydrogens is 364 g/mol. The number of aromatic nitrogens is 3. The van der Waals surface area contributed by atoms with E-state index in [-0.39, 0.29) is 0 Å². The summed E-state index contributed by atoms with van der Waals surface area (Å²) in [7, 11) is 3.21. The van der Waals surface area contributed by atoms with Gasteiger partial charge in [0, 0.05) is 0 Å². The summed E-state index contributed by atoms with van der Waals surface area (Å²) in [5.41, 5.74) is 1.62. The lowest BCUT2D eigenvalue weighted by molar-refractivity contribution is 0.311. The van der Waals surface area contributed by atoms with Gasteiger partial charge in [0.15, 0.2) is 17.3 Å². The third-order valence-electron chi connectivity index (χ3n) is 3.81. The molecule has 0 saturated heterocycles. The average molecular weight is 384 g/mol. The Morgan fingerprint density at radius 2 is 1.89 bits per heavy atom. The molecule has 0 aliphatic carbocycles. The molecule has 7 nitrogen and oxygen atoms in total. The van der Waals surface area contributed by atoms with E-state index in [1.165, 1.54) is 0 Å². The predicted octanol–water partition coefficient (Wildman–Crippen LogP) is 3.91. The molecule has 27 heavy (non-hydrogen) atoms. The largest absolute Gasteiger partial charge is 0.496 e. The molecule has 140 valence electrons. The first-order chi connectivity index (χ1) is 13.2. The minimum absolute atomic E-state index is 0.380. The Morgan fingerprint density at radius 3 is 2.63 bits per heavy atom. The maximum Gasteiger partial charge on any atom is 0.216 e. The Labute approximate surface area is 162 Å². The minimum atomic E-state index is 0.380. The van der Waals surface area contributed by atoms with Crippen molar-refractivity contribution in [1.82, 2.24) is 14.9 Å². The van der Waals surface area contributed by atoms with Gasteiger partial charge in [0.2, 0.25) is 4.77 Å². The number of nitrogens with zero attached hydrogens (tertiary/aromatic N) is 3. The Balaban J connectivity index is 1.97.